The number of carbonyl (C=O) groups excluding carboxylic acids is 1. The molecule has 2 aliphatic carbocycles. The Labute approximate surface area is 172 Å². The molecular formula is C21H22FN7O. The van der Waals surface area contributed by atoms with Crippen molar-refractivity contribution in [2.24, 2.45) is 4.99 Å². The Bertz CT molecular complexity index is 1130. The molecule has 9 heteroatoms. The van der Waals surface area contributed by atoms with Crippen LogP contribution in [0.1, 0.15) is 55.4 Å². The van der Waals surface area contributed by atoms with Crippen molar-refractivity contribution in [3.8, 4) is 0 Å². The normalized spacial score (nSPS) is 16.5. The second-order valence-electron chi connectivity index (χ2n) is 7.77. The lowest BCUT2D eigenvalue weighted by Gasteiger charge is -2.13. The molecule has 0 radical (unpaired) electrons. The molecule has 3 aromatic heterocycles. The highest BCUT2D eigenvalue weighted by Crippen LogP contribution is 2.30. The topological polar surface area (TPSA) is 96.6 Å². The van der Waals surface area contributed by atoms with E-state index in [0.717, 1.165) is 56.0 Å². The fraction of sp³-hybridized carbons (Fsp3) is 0.381. The Kier molecular flexibility index (Phi) is 4.86. The van der Waals surface area contributed by atoms with Crippen molar-refractivity contribution in [1.29, 1.82) is 0 Å². The van der Waals surface area contributed by atoms with Gasteiger partial charge in [-0.25, -0.2) is 19.5 Å². The van der Waals surface area contributed by atoms with E-state index in [9.17, 15) is 9.18 Å². The SMILES string of the molecule is O=C(Nc1ccnc(F)c1)c1cnc2c(NC3CC3)cc(N=C3CCCCC3)nn12. The van der Waals surface area contributed by atoms with Gasteiger partial charge in [-0.15, -0.1) is 5.10 Å². The minimum Gasteiger partial charge on any atom is -0.379 e. The molecule has 30 heavy (non-hydrogen) atoms. The molecule has 5 rings (SSSR count). The van der Waals surface area contributed by atoms with Gasteiger partial charge in [0.05, 0.1) is 11.9 Å². The van der Waals surface area contributed by atoms with Gasteiger partial charge in [-0.05, 0) is 44.6 Å². The monoisotopic (exact) mass is 407 g/mol. The van der Waals surface area contributed by atoms with Crippen molar-refractivity contribution in [2.75, 3.05) is 10.6 Å². The number of aromatic nitrogens is 4. The van der Waals surface area contributed by atoms with Gasteiger partial charge in [0.2, 0.25) is 5.95 Å². The van der Waals surface area contributed by atoms with Crippen molar-refractivity contribution in [3.05, 3.63) is 42.2 Å². The number of fused-ring (bicyclic) bond motifs is 1. The summed E-state index contributed by atoms with van der Waals surface area (Å²) in [5, 5.41) is 10.7. The number of nitrogens with one attached hydrogen (secondary N) is 2. The van der Waals surface area contributed by atoms with Crippen LogP contribution in [-0.2, 0) is 0 Å². The maximum Gasteiger partial charge on any atom is 0.276 e. The first-order chi connectivity index (χ1) is 14.7. The third kappa shape index (κ3) is 4.00. The number of anilines is 2. The van der Waals surface area contributed by atoms with E-state index in [1.54, 1.807) is 0 Å². The maximum atomic E-state index is 13.4. The molecule has 3 heterocycles. The second-order valence-corrected chi connectivity index (χ2v) is 7.77. The summed E-state index contributed by atoms with van der Waals surface area (Å²) in [6, 6.07) is 5.01. The number of carbonyl (C=O) groups is 1. The van der Waals surface area contributed by atoms with E-state index in [0.29, 0.717) is 23.2 Å². The summed E-state index contributed by atoms with van der Waals surface area (Å²) in [5.74, 6) is -0.532. The van der Waals surface area contributed by atoms with Crippen molar-refractivity contribution in [2.45, 2.75) is 51.0 Å². The summed E-state index contributed by atoms with van der Waals surface area (Å²) in [5.41, 5.74) is 3.10. The lowest BCUT2D eigenvalue weighted by Crippen LogP contribution is -2.16. The minimum atomic E-state index is -0.662. The van der Waals surface area contributed by atoms with E-state index < -0.39 is 11.9 Å². The third-order valence-corrected chi connectivity index (χ3v) is 5.31. The number of rotatable bonds is 5. The first kappa shape index (κ1) is 18.7. The van der Waals surface area contributed by atoms with E-state index in [1.165, 1.54) is 29.4 Å². The highest BCUT2D eigenvalue weighted by Gasteiger charge is 2.24. The zero-order valence-electron chi connectivity index (χ0n) is 16.4. The van der Waals surface area contributed by atoms with Gasteiger partial charge in [0.25, 0.3) is 5.91 Å². The second kappa shape index (κ2) is 7.81. The van der Waals surface area contributed by atoms with Gasteiger partial charge in [-0.2, -0.15) is 4.39 Å². The van der Waals surface area contributed by atoms with Crippen molar-refractivity contribution in [1.82, 2.24) is 19.6 Å². The predicted molar refractivity (Wildman–Crippen MR) is 112 cm³/mol. The van der Waals surface area contributed by atoms with Crippen LogP contribution in [0.15, 0.2) is 35.6 Å². The molecule has 0 aromatic carbocycles. The quantitative estimate of drug-likeness (QED) is 0.620. The average molecular weight is 407 g/mol. The fourth-order valence-corrected chi connectivity index (χ4v) is 3.63. The molecule has 1 amide bonds. The predicted octanol–water partition coefficient (Wildman–Crippen LogP) is 4.13. The summed E-state index contributed by atoms with van der Waals surface area (Å²) in [6.07, 6.45) is 10.5. The smallest absolute Gasteiger partial charge is 0.276 e. The summed E-state index contributed by atoms with van der Waals surface area (Å²) >= 11 is 0. The van der Waals surface area contributed by atoms with Crippen LogP contribution in [0.2, 0.25) is 0 Å². The Morgan fingerprint density at radius 2 is 2.00 bits per heavy atom. The lowest BCUT2D eigenvalue weighted by molar-refractivity contribution is 0.102. The molecule has 2 N–H and O–H groups in total. The van der Waals surface area contributed by atoms with E-state index in [2.05, 4.69) is 25.7 Å². The van der Waals surface area contributed by atoms with E-state index in [1.807, 2.05) is 6.07 Å². The molecule has 2 fully saturated rings. The average Bonchev–Trinajstić information content (AvgIpc) is 3.44. The first-order valence-electron chi connectivity index (χ1n) is 10.3. The largest absolute Gasteiger partial charge is 0.379 e. The molecule has 2 aliphatic rings. The number of halogens is 1. The number of aliphatic imine (C=N–C) groups is 1. The zero-order valence-corrected chi connectivity index (χ0v) is 16.4. The van der Waals surface area contributed by atoms with Gasteiger partial charge < -0.3 is 10.6 Å². The van der Waals surface area contributed by atoms with Gasteiger partial charge in [0.15, 0.2) is 17.2 Å². The summed E-state index contributed by atoms with van der Waals surface area (Å²) < 4.78 is 14.9. The summed E-state index contributed by atoms with van der Waals surface area (Å²) in [4.78, 5) is 25.5. The molecule has 0 aliphatic heterocycles. The van der Waals surface area contributed by atoms with Gasteiger partial charge in [-0.3, -0.25) is 4.79 Å². The fourth-order valence-electron chi connectivity index (χ4n) is 3.63. The standard InChI is InChI=1S/C21H22FN7O/c22-18-10-15(8-9-23-18)27-21(30)17-12-24-20-16(25-14-6-7-14)11-19(28-29(17)20)26-13-4-2-1-3-5-13/h8-12,14,25H,1-7H2,(H,23,27,30). The van der Waals surface area contributed by atoms with Crippen LogP contribution in [0, 0.1) is 5.95 Å². The number of nitrogens with zero attached hydrogens (tertiary/aromatic N) is 5. The molecule has 8 nitrogen and oxygen atoms in total. The Balaban J connectivity index is 1.52. The van der Waals surface area contributed by atoms with Crippen LogP contribution in [0.25, 0.3) is 5.65 Å². The molecule has 154 valence electrons. The molecule has 3 aromatic rings. The highest BCUT2D eigenvalue weighted by atomic mass is 19.1. The molecular weight excluding hydrogens is 385 g/mol. The van der Waals surface area contributed by atoms with E-state index in [-0.39, 0.29) is 5.69 Å². The third-order valence-electron chi connectivity index (χ3n) is 5.31. The van der Waals surface area contributed by atoms with Crippen molar-refractivity contribution < 1.29 is 9.18 Å². The molecule has 0 atom stereocenters. The molecule has 0 spiro atoms. The zero-order chi connectivity index (χ0) is 20.5. The van der Waals surface area contributed by atoms with Crippen LogP contribution in [-0.4, -0.2) is 37.2 Å². The minimum absolute atomic E-state index is 0.256. The maximum absolute atomic E-state index is 13.4. The Morgan fingerprint density at radius 1 is 1.17 bits per heavy atom. The van der Waals surface area contributed by atoms with Crippen LogP contribution in [0.3, 0.4) is 0 Å². The number of hydrogen-bond donors (Lipinski definition) is 2. The highest BCUT2D eigenvalue weighted by molar-refractivity contribution is 6.03. The molecule has 0 saturated heterocycles. The number of imidazole rings is 1. The van der Waals surface area contributed by atoms with E-state index >= 15 is 0 Å². The van der Waals surface area contributed by atoms with Crippen molar-refractivity contribution in [3.63, 3.8) is 0 Å². The number of amides is 1. The van der Waals surface area contributed by atoms with Crippen LogP contribution in [0.4, 0.5) is 21.6 Å². The molecule has 0 unspecified atom stereocenters. The molecule has 2 saturated carbocycles. The summed E-state index contributed by atoms with van der Waals surface area (Å²) in [6.45, 7) is 0. The molecule has 0 bridgehead atoms. The van der Waals surface area contributed by atoms with Gasteiger partial charge >= 0.3 is 0 Å². The number of hydrogen-bond acceptors (Lipinski definition) is 6. The van der Waals surface area contributed by atoms with Gasteiger partial charge in [-0.1, -0.05) is 6.42 Å². The van der Waals surface area contributed by atoms with Crippen LogP contribution in [0.5, 0.6) is 0 Å². The van der Waals surface area contributed by atoms with Crippen LogP contribution >= 0.6 is 0 Å². The van der Waals surface area contributed by atoms with E-state index in [4.69, 9.17) is 4.99 Å². The Morgan fingerprint density at radius 3 is 2.77 bits per heavy atom. The summed E-state index contributed by atoms with van der Waals surface area (Å²) in [7, 11) is 0. The Hall–Kier alpha value is -3.36. The van der Waals surface area contributed by atoms with Crippen LogP contribution < -0.4 is 10.6 Å². The lowest BCUT2D eigenvalue weighted by atomic mass is 9.98. The van der Waals surface area contributed by atoms with Crippen molar-refractivity contribution >= 4 is 34.5 Å². The number of pyridine rings is 1. The van der Waals surface area contributed by atoms with Gasteiger partial charge in [0, 0.05) is 35.8 Å². The van der Waals surface area contributed by atoms with Gasteiger partial charge in [0.1, 0.15) is 0 Å². The first-order valence-corrected chi connectivity index (χ1v) is 10.3.